The molecule has 0 radical (unpaired) electrons. The lowest BCUT2D eigenvalue weighted by Crippen LogP contribution is -2.12. The van der Waals surface area contributed by atoms with Crippen LogP contribution in [0.3, 0.4) is 0 Å². The van der Waals surface area contributed by atoms with Crippen molar-refractivity contribution >= 4 is 40.4 Å². The molecule has 1 N–H and O–H groups in total. The van der Waals surface area contributed by atoms with Crippen LogP contribution in [-0.4, -0.2) is 18.7 Å². The van der Waals surface area contributed by atoms with Crippen LogP contribution in [0.4, 0.5) is 17.1 Å². The zero-order chi connectivity index (χ0) is 14.3. The largest absolute Gasteiger partial charge is 0.343 e. The van der Waals surface area contributed by atoms with Crippen LogP contribution in [0.25, 0.3) is 0 Å². The van der Waals surface area contributed by atoms with Crippen LogP contribution in [0.5, 0.6) is 0 Å². The third kappa shape index (κ3) is 1.94. The summed E-state index contributed by atoms with van der Waals surface area (Å²) in [5.74, 6) is -1.16. The molecule has 0 aromatic heterocycles. The van der Waals surface area contributed by atoms with E-state index in [9.17, 15) is 9.59 Å². The minimum atomic E-state index is -0.615. The minimum Gasteiger partial charge on any atom is -0.343 e. The molecule has 2 aromatic rings. The molecule has 1 aliphatic rings. The topological polar surface area (TPSA) is 49.4 Å². The quantitative estimate of drug-likeness (QED) is 0.862. The van der Waals surface area contributed by atoms with Gasteiger partial charge in [-0.1, -0.05) is 29.8 Å². The Morgan fingerprint density at radius 2 is 1.80 bits per heavy atom. The van der Waals surface area contributed by atoms with E-state index in [1.165, 1.54) is 6.07 Å². The number of halogens is 1. The van der Waals surface area contributed by atoms with Crippen LogP contribution in [0.1, 0.15) is 10.4 Å². The SMILES string of the molecule is CN(c1ccccc1)c1cc2c(cc1Cl)C(=O)C(=O)N2. The number of para-hydroxylation sites is 1. The third-order valence-electron chi connectivity index (χ3n) is 3.29. The number of hydrogen-bond donors (Lipinski definition) is 1. The minimum absolute atomic E-state index is 0.324. The fourth-order valence-corrected chi connectivity index (χ4v) is 2.49. The maximum Gasteiger partial charge on any atom is 0.296 e. The number of nitrogens with zero attached hydrogens (tertiary/aromatic N) is 1. The Balaban J connectivity index is 2.06. The Kier molecular flexibility index (Phi) is 2.95. The predicted octanol–water partition coefficient (Wildman–Crippen LogP) is 3.24. The highest BCUT2D eigenvalue weighted by molar-refractivity contribution is 6.52. The lowest BCUT2D eigenvalue weighted by Gasteiger charge is -2.21. The van der Waals surface area contributed by atoms with Crippen LogP contribution >= 0.6 is 11.6 Å². The van der Waals surface area contributed by atoms with Crippen LogP contribution < -0.4 is 10.2 Å². The molecule has 0 saturated heterocycles. The lowest BCUT2D eigenvalue weighted by atomic mass is 10.1. The highest BCUT2D eigenvalue weighted by Crippen LogP contribution is 2.37. The molecule has 4 nitrogen and oxygen atoms in total. The molecule has 20 heavy (non-hydrogen) atoms. The van der Waals surface area contributed by atoms with Gasteiger partial charge < -0.3 is 10.2 Å². The number of carbonyl (C=O) groups excluding carboxylic acids is 2. The summed E-state index contributed by atoms with van der Waals surface area (Å²) in [6, 6.07) is 12.9. The van der Waals surface area contributed by atoms with Gasteiger partial charge in [0.05, 0.1) is 22.0 Å². The van der Waals surface area contributed by atoms with Gasteiger partial charge in [-0.2, -0.15) is 0 Å². The molecule has 0 bridgehead atoms. The Labute approximate surface area is 121 Å². The summed E-state index contributed by atoms with van der Waals surface area (Å²) in [5.41, 5.74) is 2.52. The number of hydrogen-bond acceptors (Lipinski definition) is 3. The van der Waals surface area contributed by atoms with Gasteiger partial charge in [0.1, 0.15) is 0 Å². The molecule has 1 heterocycles. The van der Waals surface area contributed by atoms with E-state index in [1.54, 1.807) is 6.07 Å². The number of ketones is 1. The number of anilines is 3. The second-order valence-electron chi connectivity index (χ2n) is 4.53. The third-order valence-corrected chi connectivity index (χ3v) is 3.59. The Morgan fingerprint density at radius 1 is 1.10 bits per heavy atom. The van der Waals surface area contributed by atoms with Gasteiger partial charge in [-0.05, 0) is 24.3 Å². The second-order valence-corrected chi connectivity index (χ2v) is 4.93. The summed E-state index contributed by atoms with van der Waals surface area (Å²) in [6.07, 6.45) is 0. The van der Waals surface area contributed by atoms with Crippen molar-refractivity contribution in [2.45, 2.75) is 0 Å². The van der Waals surface area contributed by atoms with E-state index in [0.29, 0.717) is 16.3 Å². The maximum atomic E-state index is 11.6. The summed E-state index contributed by atoms with van der Waals surface area (Å²) in [7, 11) is 1.88. The van der Waals surface area contributed by atoms with Gasteiger partial charge in [0.15, 0.2) is 0 Å². The molecule has 0 fully saturated rings. The van der Waals surface area contributed by atoms with E-state index >= 15 is 0 Å². The van der Waals surface area contributed by atoms with Gasteiger partial charge in [-0.25, -0.2) is 0 Å². The number of amides is 1. The fourth-order valence-electron chi connectivity index (χ4n) is 2.20. The smallest absolute Gasteiger partial charge is 0.296 e. The Bertz CT molecular complexity index is 713. The van der Waals surface area contributed by atoms with Crippen molar-refractivity contribution in [2.75, 3.05) is 17.3 Å². The molecule has 1 aliphatic heterocycles. The van der Waals surface area contributed by atoms with Gasteiger partial charge in [0.25, 0.3) is 11.7 Å². The molecule has 0 spiro atoms. The predicted molar refractivity (Wildman–Crippen MR) is 78.9 cm³/mol. The van der Waals surface area contributed by atoms with Crippen molar-refractivity contribution in [3.63, 3.8) is 0 Å². The van der Waals surface area contributed by atoms with Crippen molar-refractivity contribution in [3.05, 3.63) is 53.1 Å². The van der Waals surface area contributed by atoms with Gasteiger partial charge in [0, 0.05) is 12.7 Å². The second kappa shape index (κ2) is 4.65. The van der Waals surface area contributed by atoms with Gasteiger partial charge in [-0.3, -0.25) is 9.59 Å². The Morgan fingerprint density at radius 3 is 2.50 bits per heavy atom. The number of nitrogens with one attached hydrogen (secondary N) is 1. The fraction of sp³-hybridized carbons (Fsp3) is 0.0667. The summed E-state index contributed by atoms with van der Waals surface area (Å²) < 4.78 is 0. The summed E-state index contributed by atoms with van der Waals surface area (Å²) in [6.45, 7) is 0. The van der Waals surface area contributed by atoms with Gasteiger partial charge in [-0.15, -0.1) is 0 Å². The van der Waals surface area contributed by atoms with Crippen molar-refractivity contribution in [2.24, 2.45) is 0 Å². The Hall–Kier alpha value is -2.33. The molecule has 0 saturated carbocycles. The maximum absolute atomic E-state index is 11.6. The van der Waals surface area contributed by atoms with Crippen molar-refractivity contribution in [1.29, 1.82) is 0 Å². The number of Topliss-reactive ketones (excluding diaryl/α,β-unsaturated/α-hetero) is 1. The first-order valence-corrected chi connectivity index (χ1v) is 6.44. The average molecular weight is 287 g/mol. The van der Waals surface area contributed by atoms with Crippen molar-refractivity contribution in [1.82, 2.24) is 0 Å². The van der Waals surface area contributed by atoms with Crippen molar-refractivity contribution < 1.29 is 9.59 Å². The lowest BCUT2D eigenvalue weighted by molar-refractivity contribution is -0.112. The zero-order valence-corrected chi connectivity index (χ0v) is 11.4. The van der Waals surface area contributed by atoms with Crippen LogP contribution in [0.2, 0.25) is 5.02 Å². The zero-order valence-electron chi connectivity index (χ0n) is 10.7. The van der Waals surface area contributed by atoms with Gasteiger partial charge in [0.2, 0.25) is 0 Å². The molecule has 3 rings (SSSR count). The first-order valence-electron chi connectivity index (χ1n) is 6.06. The molecule has 1 amide bonds. The monoisotopic (exact) mass is 286 g/mol. The van der Waals surface area contributed by atoms with E-state index < -0.39 is 11.7 Å². The number of rotatable bonds is 2. The number of benzene rings is 2. The molecule has 0 aliphatic carbocycles. The highest BCUT2D eigenvalue weighted by Gasteiger charge is 2.29. The molecular formula is C15H11ClN2O2. The van der Waals surface area contributed by atoms with Crippen LogP contribution in [0.15, 0.2) is 42.5 Å². The summed E-state index contributed by atoms with van der Waals surface area (Å²) in [4.78, 5) is 24.9. The first kappa shape index (κ1) is 12.7. The molecule has 0 unspecified atom stereocenters. The van der Waals surface area contributed by atoms with E-state index in [1.807, 2.05) is 42.3 Å². The summed E-state index contributed by atoms with van der Waals surface area (Å²) >= 11 is 6.23. The molecule has 2 aromatic carbocycles. The molecular weight excluding hydrogens is 276 g/mol. The first-order chi connectivity index (χ1) is 9.58. The van der Waals surface area contributed by atoms with Crippen LogP contribution in [-0.2, 0) is 4.79 Å². The normalized spacial score (nSPS) is 13.1. The van der Waals surface area contributed by atoms with Gasteiger partial charge >= 0.3 is 0 Å². The van der Waals surface area contributed by atoms with E-state index in [4.69, 9.17) is 11.6 Å². The molecule has 0 atom stereocenters. The summed E-state index contributed by atoms with van der Waals surface area (Å²) in [5, 5.41) is 2.98. The van der Waals surface area contributed by atoms with E-state index in [2.05, 4.69) is 5.32 Å². The number of fused-ring (bicyclic) bond motifs is 1. The van der Waals surface area contributed by atoms with E-state index in [0.717, 1.165) is 11.4 Å². The highest BCUT2D eigenvalue weighted by atomic mass is 35.5. The average Bonchev–Trinajstić information content (AvgIpc) is 2.74. The molecule has 100 valence electrons. The number of carbonyl (C=O) groups is 2. The molecule has 5 heteroatoms. The standard InChI is InChI=1S/C15H11ClN2O2/c1-18(9-5-3-2-4-6-9)13-8-12-10(7-11(13)16)14(19)15(20)17-12/h2-8H,1H3,(H,17,19,20). The van der Waals surface area contributed by atoms with Crippen molar-refractivity contribution in [3.8, 4) is 0 Å². The van der Waals surface area contributed by atoms with Crippen LogP contribution in [0, 0.1) is 0 Å². The van der Waals surface area contributed by atoms with E-state index in [-0.39, 0.29) is 0 Å².